The lowest BCUT2D eigenvalue weighted by atomic mass is 10.2. The van der Waals surface area contributed by atoms with Gasteiger partial charge < -0.3 is 25.1 Å². The summed E-state index contributed by atoms with van der Waals surface area (Å²) in [4.78, 5) is 46.4. The Balaban J connectivity index is 1.78. The van der Waals surface area contributed by atoms with E-state index in [9.17, 15) is 19.2 Å². The molecule has 0 radical (unpaired) electrons. The summed E-state index contributed by atoms with van der Waals surface area (Å²) in [5, 5.41) is 7.52. The van der Waals surface area contributed by atoms with Crippen molar-refractivity contribution in [3.8, 4) is 0 Å². The smallest absolute Gasteiger partial charge is 0.326 e. The predicted octanol–water partition coefficient (Wildman–Crippen LogP) is 1.54. The summed E-state index contributed by atoms with van der Waals surface area (Å²) in [6.45, 7) is 2.40. The van der Waals surface area contributed by atoms with Crippen molar-refractivity contribution in [2.75, 3.05) is 17.2 Å². The Morgan fingerprint density at radius 3 is 2.22 bits per heavy atom. The molecule has 0 saturated heterocycles. The SMILES string of the molecule is CC(=O)Nc1ccc(NC(=O)[C@H](C)OC(=O)CNC(=O)c2ccco2)cc1. The summed E-state index contributed by atoms with van der Waals surface area (Å²) in [6, 6.07) is 9.44. The molecule has 0 spiro atoms. The summed E-state index contributed by atoms with van der Waals surface area (Å²) in [5.41, 5.74) is 1.07. The maximum absolute atomic E-state index is 12.1. The van der Waals surface area contributed by atoms with E-state index in [-0.39, 0.29) is 11.7 Å². The van der Waals surface area contributed by atoms with Crippen LogP contribution in [-0.4, -0.2) is 36.3 Å². The van der Waals surface area contributed by atoms with E-state index in [1.165, 1.54) is 26.2 Å². The number of ether oxygens (including phenoxy) is 1. The Morgan fingerprint density at radius 2 is 1.67 bits per heavy atom. The fraction of sp³-hybridized carbons (Fsp3) is 0.222. The quantitative estimate of drug-likeness (QED) is 0.632. The Hall–Kier alpha value is -3.62. The lowest BCUT2D eigenvalue weighted by Gasteiger charge is -2.14. The average Bonchev–Trinajstić information content (AvgIpc) is 3.15. The Morgan fingerprint density at radius 1 is 1.04 bits per heavy atom. The second-order valence-corrected chi connectivity index (χ2v) is 5.54. The molecule has 1 aromatic carbocycles. The van der Waals surface area contributed by atoms with Crippen LogP contribution in [0, 0.1) is 0 Å². The Bertz CT molecular complexity index is 814. The van der Waals surface area contributed by atoms with Gasteiger partial charge in [-0.3, -0.25) is 19.2 Å². The van der Waals surface area contributed by atoms with Crippen LogP contribution in [0.3, 0.4) is 0 Å². The zero-order valence-electron chi connectivity index (χ0n) is 14.8. The van der Waals surface area contributed by atoms with E-state index < -0.39 is 30.4 Å². The molecule has 2 rings (SSSR count). The van der Waals surface area contributed by atoms with Crippen molar-refractivity contribution < 1.29 is 28.3 Å². The highest BCUT2D eigenvalue weighted by Crippen LogP contribution is 2.14. The van der Waals surface area contributed by atoms with Crippen LogP contribution in [0.25, 0.3) is 0 Å². The van der Waals surface area contributed by atoms with E-state index in [1.807, 2.05) is 0 Å². The highest BCUT2D eigenvalue weighted by atomic mass is 16.5. The van der Waals surface area contributed by atoms with Gasteiger partial charge in [-0.25, -0.2) is 0 Å². The number of carbonyl (C=O) groups is 4. The van der Waals surface area contributed by atoms with Crippen molar-refractivity contribution in [1.29, 1.82) is 0 Å². The fourth-order valence-corrected chi connectivity index (χ4v) is 2.02. The van der Waals surface area contributed by atoms with Gasteiger partial charge in [-0.2, -0.15) is 0 Å². The summed E-state index contributed by atoms with van der Waals surface area (Å²) >= 11 is 0. The molecule has 3 N–H and O–H groups in total. The van der Waals surface area contributed by atoms with Crippen molar-refractivity contribution >= 4 is 35.1 Å². The van der Waals surface area contributed by atoms with E-state index >= 15 is 0 Å². The summed E-state index contributed by atoms with van der Waals surface area (Å²) < 4.78 is 9.87. The number of benzene rings is 1. The van der Waals surface area contributed by atoms with Crippen LogP contribution in [-0.2, 0) is 19.1 Å². The zero-order valence-corrected chi connectivity index (χ0v) is 14.8. The second-order valence-electron chi connectivity index (χ2n) is 5.54. The fourth-order valence-electron chi connectivity index (χ4n) is 2.02. The van der Waals surface area contributed by atoms with Gasteiger partial charge in [0.05, 0.1) is 6.26 Å². The standard InChI is InChI=1S/C18H19N3O6/c1-11(27-16(23)10-19-18(25)15-4-3-9-26-15)17(24)21-14-7-5-13(6-8-14)20-12(2)22/h3-9,11H,10H2,1-2H3,(H,19,25)(H,20,22)(H,21,24)/t11-/m0/s1. The van der Waals surface area contributed by atoms with E-state index in [0.29, 0.717) is 11.4 Å². The molecular weight excluding hydrogens is 354 g/mol. The third-order valence-corrected chi connectivity index (χ3v) is 3.29. The molecule has 0 saturated carbocycles. The van der Waals surface area contributed by atoms with Crippen molar-refractivity contribution in [1.82, 2.24) is 5.32 Å². The van der Waals surface area contributed by atoms with Gasteiger partial charge in [-0.05, 0) is 43.3 Å². The largest absolute Gasteiger partial charge is 0.459 e. The molecule has 0 bridgehead atoms. The molecule has 0 aliphatic carbocycles. The van der Waals surface area contributed by atoms with Gasteiger partial charge in [-0.15, -0.1) is 0 Å². The van der Waals surface area contributed by atoms with Crippen molar-refractivity contribution in [2.45, 2.75) is 20.0 Å². The van der Waals surface area contributed by atoms with Crippen molar-refractivity contribution in [2.24, 2.45) is 0 Å². The zero-order chi connectivity index (χ0) is 19.8. The number of esters is 1. The van der Waals surface area contributed by atoms with Gasteiger partial charge in [0.15, 0.2) is 11.9 Å². The number of rotatable bonds is 7. The summed E-state index contributed by atoms with van der Waals surface area (Å²) in [5.74, 6) is -2.00. The van der Waals surface area contributed by atoms with Gasteiger partial charge >= 0.3 is 5.97 Å². The van der Waals surface area contributed by atoms with Crippen LogP contribution in [0.2, 0.25) is 0 Å². The molecule has 3 amide bonds. The topological polar surface area (TPSA) is 127 Å². The predicted molar refractivity (Wildman–Crippen MR) is 96.0 cm³/mol. The molecule has 0 unspecified atom stereocenters. The van der Waals surface area contributed by atoms with Crippen molar-refractivity contribution in [3.63, 3.8) is 0 Å². The van der Waals surface area contributed by atoms with Gasteiger partial charge in [0, 0.05) is 18.3 Å². The minimum atomic E-state index is -1.06. The van der Waals surface area contributed by atoms with Crippen LogP contribution in [0.4, 0.5) is 11.4 Å². The van der Waals surface area contributed by atoms with Crippen molar-refractivity contribution in [3.05, 3.63) is 48.4 Å². The van der Waals surface area contributed by atoms with E-state index in [4.69, 9.17) is 9.15 Å². The van der Waals surface area contributed by atoms with Crippen LogP contribution in [0.5, 0.6) is 0 Å². The van der Waals surface area contributed by atoms with Gasteiger partial charge in [0.2, 0.25) is 5.91 Å². The first-order chi connectivity index (χ1) is 12.8. The number of hydrogen-bond donors (Lipinski definition) is 3. The monoisotopic (exact) mass is 373 g/mol. The molecule has 9 heteroatoms. The van der Waals surface area contributed by atoms with Crippen LogP contribution in [0.15, 0.2) is 47.1 Å². The minimum Gasteiger partial charge on any atom is -0.459 e. The Labute approximate surface area is 155 Å². The number of furan rings is 1. The Kier molecular flexibility index (Phi) is 6.70. The molecule has 9 nitrogen and oxygen atoms in total. The third kappa shape index (κ3) is 6.31. The second kappa shape index (κ2) is 9.18. The molecule has 1 atom stereocenters. The number of amides is 3. The first-order valence-electron chi connectivity index (χ1n) is 8.05. The van der Waals surface area contributed by atoms with E-state index in [0.717, 1.165) is 0 Å². The molecule has 27 heavy (non-hydrogen) atoms. The molecule has 2 aromatic rings. The maximum atomic E-state index is 12.1. The van der Waals surface area contributed by atoms with Crippen LogP contribution >= 0.6 is 0 Å². The molecule has 0 fully saturated rings. The number of hydrogen-bond acceptors (Lipinski definition) is 6. The van der Waals surface area contributed by atoms with Gasteiger partial charge in [0.1, 0.15) is 6.54 Å². The average molecular weight is 373 g/mol. The first kappa shape index (κ1) is 19.7. The molecule has 142 valence electrons. The lowest BCUT2D eigenvalue weighted by Crippen LogP contribution is -2.35. The van der Waals surface area contributed by atoms with E-state index in [2.05, 4.69) is 16.0 Å². The number of anilines is 2. The minimum absolute atomic E-state index is 0.0660. The van der Waals surface area contributed by atoms with Gasteiger partial charge in [-0.1, -0.05) is 0 Å². The van der Waals surface area contributed by atoms with Gasteiger partial charge in [0.25, 0.3) is 11.8 Å². The third-order valence-electron chi connectivity index (χ3n) is 3.29. The summed E-state index contributed by atoms with van der Waals surface area (Å²) in [6.07, 6.45) is 0.274. The molecular formula is C18H19N3O6. The first-order valence-corrected chi connectivity index (χ1v) is 8.05. The normalized spacial score (nSPS) is 11.2. The molecule has 1 aromatic heterocycles. The summed E-state index contributed by atoms with van der Waals surface area (Å²) in [7, 11) is 0. The van der Waals surface area contributed by atoms with E-state index in [1.54, 1.807) is 30.3 Å². The lowest BCUT2D eigenvalue weighted by molar-refractivity contribution is -0.152. The maximum Gasteiger partial charge on any atom is 0.326 e. The number of carbonyl (C=O) groups excluding carboxylic acids is 4. The molecule has 0 aliphatic rings. The molecule has 1 heterocycles. The number of nitrogens with one attached hydrogen (secondary N) is 3. The van der Waals surface area contributed by atoms with Crippen LogP contribution < -0.4 is 16.0 Å². The highest BCUT2D eigenvalue weighted by molar-refractivity contribution is 5.96. The highest BCUT2D eigenvalue weighted by Gasteiger charge is 2.19. The van der Waals surface area contributed by atoms with Crippen LogP contribution in [0.1, 0.15) is 24.4 Å². The molecule has 0 aliphatic heterocycles.